The highest BCUT2D eigenvalue weighted by molar-refractivity contribution is 5.93. The van der Waals surface area contributed by atoms with Crippen molar-refractivity contribution in [1.29, 1.82) is 0 Å². The van der Waals surface area contributed by atoms with Crippen LogP contribution in [0.1, 0.15) is 15.9 Å². The zero-order valence-corrected chi connectivity index (χ0v) is 16.0. The summed E-state index contributed by atoms with van der Waals surface area (Å²) in [4.78, 5) is 25.4. The number of para-hydroxylation sites is 1. The minimum Gasteiger partial charge on any atom is -0.496 e. The normalized spacial score (nSPS) is 10.7. The third-order valence-corrected chi connectivity index (χ3v) is 4.72. The van der Waals surface area contributed by atoms with Crippen LogP contribution in [-0.4, -0.2) is 13.1 Å². The maximum Gasteiger partial charge on any atom is 0.343 e. The Morgan fingerprint density at radius 2 is 1.69 bits per heavy atom. The Labute approximate surface area is 167 Å². The molecule has 0 aliphatic heterocycles. The summed E-state index contributed by atoms with van der Waals surface area (Å²) < 4.78 is 16.5. The molecule has 1 heterocycles. The van der Waals surface area contributed by atoms with Crippen LogP contribution < -0.4 is 14.9 Å². The van der Waals surface area contributed by atoms with Crippen molar-refractivity contribution in [2.75, 3.05) is 7.11 Å². The lowest BCUT2D eigenvalue weighted by Crippen LogP contribution is -2.10. The molecule has 0 radical (unpaired) electrons. The van der Waals surface area contributed by atoms with Crippen LogP contribution in [0.3, 0.4) is 0 Å². The lowest BCUT2D eigenvalue weighted by atomic mass is 10.0. The van der Waals surface area contributed by atoms with E-state index in [4.69, 9.17) is 13.9 Å². The van der Waals surface area contributed by atoms with Crippen LogP contribution in [0.4, 0.5) is 0 Å². The van der Waals surface area contributed by atoms with Crippen LogP contribution in [0.5, 0.6) is 11.5 Å². The average Bonchev–Trinajstić information content (AvgIpc) is 2.74. The number of methoxy groups -OCH3 is 1. The van der Waals surface area contributed by atoms with Crippen molar-refractivity contribution in [3.05, 3.63) is 94.3 Å². The zero-order valence-electron chi connectivity index (χ0n) is 16.0. The number of esters is 1. The number of fused-ring (bicyclic) bond motifs is 1. The van der Waals surface area contributed by atoms with Gasteiger partial charge in [0, 0.05) is 11.6 Å². The molecule has 0 N–H and O–H groups in total. The SMILES string of the molecule is COc1ccccc1-c1coc2cc(OC(=O)c3ccccc3C)ccc2c1=O. The first-order valence-electron chi connectivity index (χ1n) is 9.05. The van der Waals surface area contributed by atoms with Gasteiger partial charge < -0.3 is 13.9 Å². The molecular formula is C24H18O5. The third kappa shape index (κ3) is 3.50. The number of carbonyl (C=O) groups is 1. The molecule has 0 atom stereocenters. The van der Waals surface area contributed by atoms with Gasteiger partial charge in [0.25, 0.3) is 0 Å². The largest absolute Gasteiger partial charge is 0.496 e. The van der Waals surface area contributed by atoms with Gasteiger partial charge in [-0.25, -0.2) is 4.79 Å². The van der Waals surface area contributed by atoms with Crippen LogP contribution >= 0.6 is 0 Å². The number of carbonyl (C=O) groups excluding carboxylic acids is 1. The monoisotopic (exact) mass is 386 g/mol. The standard InChI is InChI=1S/C24H18O5/c1-15-7-3-4-8-17(15)24(26)29-16-11-12-19-22(13-16)28-14-20(23(19)25)18-9-5-6-10-21(18)27-2/h3-14H,1-2H3. The second kappa shape index (κ2) is 7.64. The van der Waals surface area contributed by atoms with Gasteiger partial charge in [0.05, 0.1) is 23.6 Å². The predicted octanol–water partition coefficient (Wildman–Crippen LogP) is 5.00. The van der Waals surface area contributed by atoms with Crippen molar-refractivity contribution in [1.82, 2.24) is 0 Å². The van der Waals surface area contributed by atoms with Gasteiger partial charge in [0.1, 0.15) is 23.3 Å². The number of aryl methyl sites for hydroxylation is 1. The van der Waals surface area contributed by atoms with Gasteiger partial charge in [-0.05, 0) is 36.8 Å². The van der Waals surface area contributed by atoms with Crippen LogP contribution in [0.25, 0.3) is 22.1 Å². The third-order valence-electron chi connectivity index (χ3n) is 4.72. The van der Waals surface area contributed by atoms with Crippen LogP contribution in [-0.2, 0) is 0 Å². The van der Waals surface area contributed by atoms with E-state index >= 15 is 0 Å². The number of ether oxygens (including phenoxy) is 2. The van der Waals surface area contributed by atoms with E-state index in [1.807, 2.05) is 31.2 Å². The first-order chi connectivity index (χ1) is 14.1. The van der Waals surface area contributed by atoms with Crippen molar-refractivity contribution >= 4 is 16.9 Å². The molecule has 5 heteroatoms. The molecule has 0 bridgehead atoms. The fourth-order valence-corrected chi connectivity index (χ4v) is 3.19. The van der Waals surface area contributed by atoms with Crippen LogP contribution in [0, 0.1) is 6.92 Å². The second-order valence-corrected chi connectivity index (χ2v) is 6.54. The predicted molar refractivity (Wildman–Crippen MR) is 111 cm³/mol. The molecule has 3 aromatic carbocycles. The lowest BCUT2D eigenvalue weighted by Gasteiger charge is -2.09. The molecule has 0 amide bonds. The van der Waals surface area contributed by atoms with Gasteiger partial charge in [0.2, 0.25) is 5.43 Å². The van der Waals surface area contributed by atoms with Gasteiger partial charge in [0.15, 0.2) is 0 Å². The highest BCUT2D eigenvalue weighted by Gasteiger charge is 2.15. The Balaban J connectivity index is 1.70. The van der Waals surface area contributed by atoms with Crippen molar-refractivity contribution in [3.8, 4) is 22.6 Å². The molecular weight excluding hydrogens is 368 g/mol. The van der Waals surface area contributed by atoms with E-state index in [0.717, 1.165) is 5.56 Å². The summed E-state index contributed by atoms with van der Waals surface area (Å²) in [6, 6.07) is 19.2. The summed E-state index contributed by atoms with van der Waals surface area (Å²) in [5, 5.41) is 0.393. The fraction of sp³-hybridized carbons (Fsp3) is 0.0833. The Kier molecular flexibility index (Phi) is 4.87. The molecule has 4 rings (SSSR count). The smallest absolute Gasteiger partial charge is 0.343 e. The van der Waals surface area contributed by atoms with Crippen molar-refractivity contribution in [2.24, 2.45) is 0 Å². The Hall–Kier alpha value is -3.86. The molecule has 0 saturated carbocycles. The highest BCUT2D eigenvalue weighted by atomic mass is 16.5. The van der Waals surface area contributed by atoms with Gasteiger partial charge >= 0.3 is 5.97 Å². The second-order valence-electron chi connectivity index (χ2n) is 6.54. The summed E-state index contributed by atoms with van der Waals surface area (Å²) in [6.45, 7) is 1.84. The molecule has 4 aromatic rings. The lowest BCUT2D eigenvalue weighted by molar-refractivity contribution is 0.0734. The molecule has 0 aliphatic rings. The zero-order chi connectivity index (χ0) is 20.4. The van der Waals surface area contributed by atoms with E-state index in [1.165, 1.54) is 6.26 Å². The summed E-state index contributed by atoms with van der Waals surface area (Å²) in [5.41, 5.74) is 2.52. The number of hydrogen-bond acceptors (Lipinski definition) is 5. The Morgan fingerprint density at radius 1 is 0.931 bits per heavy atom. The Morgan fingerprint density at radius 3 is 2.48 bits per heavy atom. The molecule has 0 aliphatic carbocycles. The molecule has 0 fully saturated rings. The molecule has 5 nitrogen and oxygen atoms in total. The van der Waals surface area contributed by atoms with Crippen LogP contribution in [0.2, 0.25) is 0 Å². The minimum atomic E-state index is -0.463. The summed E-state index contributed by atoms with van der Waals surface area (Å²) in [6.07, 6.45) is 1.40. The Bertz CT molecular complexity index is 1270. The quantitative estimate of drug-likeness (QED) is 0.365. The number of rotatable bonds is 4. The van der Waals surface area contributed by atoms with Gasteiger partial charge in [-0.2, -0.15) is 0 Å². The maximum absolute atomic E-state index is 13.0. The van der Waals surface area contributed by atoms with E-state index in [9.17, 15) is 9.59 Å². The van der Waals surface area contributed by atoms with E-state index in [2.05, 4.69) is 0 Å². The molecule has 144 valence electrons. The number of benzene rings is 3. The van der Waals surface area contributed by atoms with E-state index in [0.29, 0.717) is 39.2 Å². The van der Waals surface area contributed by atoms with Gasteiger partial charge in [-0.3, -0.25) is 4.79 Å². The summed E-state index contributed by atoms with van der Waals surface area (Å²) in [7, 11) is 1.55. The first-order valence-corrected chi connectivity index (χ1v) is 9.05. The molecule has 1 aromatic heterocycles. The number of hydrogen-bond donors (Lipinski definition) is 0. The summed E-state index contributed by atoms with van der Waals surface area (Å²) >= 11 is 0. The van der Waals surface area contributed by atoms with E-state index in [1.54, 1.807) is 49.6 Å². The van der Waals surface area contributed by atoms with E-state index < -0.39 is 5.97 Å². The maximum atomic E-state index is 13.0. The van der Waals surface area contributed by atoms with Crippen molar-refractivity contribution in [2.45, 2.75) is 6.92 Å². The molecule has 0 spiro atoms. The van der Waals surface area contributed by atoms with Crippen molar-refractivity contribution < 1.29 is 18.7 Å². The van der Waals surface area contributed by atoms with Gasteiger partial charge in [-0.15, -0.1) is 0 Å². The van der Waals surface area contributed by atoms with Gasteiger partial charge in [-0.1, -0.05) is 36.4 Å². The highest BCUT2D eigenvalue weighted by Crippen LogP contribution is 2.29. The van der Waals surface area contributed by atoms with E-state index in [-0.39, 0.29) is 5.43 Å². The average molecular weight is 386 g/mol. The van der Waals surface area contributed by atoms with Crippen molar-refractivity contribution in [3.63, 3.8) is 0 Å². The first kappa shape index (κ1) is 18.5. The molecule has 29 heavy (non-hydrogen) atoms. The topological polar surface area (TPSA) is 65.7 Å². The minimum absolute atomic E-state index is 0.187. The fourth-order valence-electron chi connectivity index (χ4n) is 3.19. The molecule has 0 saturated heterocycles. The molecule has 0 unspecified atom stereocenters. The van der Waals surface area contributed by atoms with Crippen LogP contribution in [0.15, 0.2) is 82.2 Å². The summed E-state index contributed by atoms with van der Waals surface area (Å²) in [5.74, 6) is 0.428.